The summed E-state index contributed by atoms with van der Waals surface area (Å²) in [5.74, 6) is 0.446. The van der Waals surface area contributed by atoms with Crippen molar-refractivity contribution in [1.82, 2.24) is 4.98 Å². The van der Waals surface area contributed by atoms with Gasteiger partial charge in [0.2, 0.25) is 0 Å². The number of aryl methyl sites for hydroxylation is 1. The zero-order chi connectivity index (χ0) is 12.3. The lowest BCUT2D eigenvalue weighted by Gasteiger charge is -2.09. The Morgan fingerprint density at radius 2 is 2.18 bits per heavy atom. The number of anilines is 3. The normalized spacial score (nSPS) is 9.65. The molecule has 0 unspecified atom stereocenters. The first-order chi connectivity index (χ1) is 8.20. The van der Waals surface area contributed by atoms with Gasteiger partial charge in [-0.15, -0.1) is 0 Å². The molecule has 0 aliphatic rings. The van der Waals surface area contributed by atoms with Gasteiger partial charge in [-0.25, -0.2) is 4.98 Å². The van der Waals surface area contributed by atoms with Crippen LogP contribution in [0.4, 0.5) is 17.2 Å². The summed E-state index contributed by atoms with van der Waals surface area (Å²) in [4.78, 5) is 3.91. The van der Waals surface area contributed by atoms with Crippen LogP contribution in [0.2, 0.25) is 0 Å². The Kier molecular flexibility index (Phi) is 2.93. The van der Waals surface area contributed by atoms with Crippen LogP contribution in [0.3, 0.4) is 0 Å². The fourth-order valence-corrected chi connectivity index (χ4v) is 1.60. The molecule has 1 aromatic heterocycles. The number of aromatic nitrogens is 1. The fourth-order valence-electron chi connectivity index (χ4n) is 1.60. The van der Waals surface area contributed by atoms with Gasteiger partial charge in [0, 0.05) is 18.0 Å². The molecule has 0 saturated heterocycles. The third-order valence-electron chi connectivity index (χ3n) is 2.44. The summed E-state index contributed by atoms with van der Waals surface area (Å²) in [6.45, 7) is 1.91. The van der Waals surface area contributed by atoms with Crippen molar-refractivity contribution in [3.05, 3.63) is 47.7 Å². The molecular weight excluding hydrogens is 212 g/mol. The molecule has 2 aromatic rings. The lowest BCUT2D eigenvalue weighted by Crippen LogP contribution is -1.97. The fraction of sp³-hybridized carbons (Fsp3) is 0.0769. The molecular formula is C13H12N4. The highest BCUT2D eigenvalue weighted by Gasteiger charge is 2.04. The topological polar surface area (TPSA) is 74.7 Å². The Bertz CT molecular complexity index is 584. The molecule has 0 spiro atoms. The molecule has 84 valence electrons. The summed E-state index contributed by atoms with van der Waals surface area (Å²) in [6, 6.07) is 11.4. The molecule has 1 heterocycles. The molecule has 2 rings (SSSR count). The minimum atomic E-state index is 0.446. The predicted molar refractivity (Wildman–Crippen MR) is 67.8 cm³/mol. The zero-order valence-electron chi connectivity index (χ0n) is 9.44. The average molecular weight is 224 g/mol. The van der Waals surface area contributed by atoms with Crippen molar-refractivity contribution in [2.45, 2.75) is 6.92 Å². The Balaban J connectivity index is 2.37. The second kappa shape index (κ2) is 4.54. The van der Waals surface area contributed by atoms with E-state index in [1.54, 1.807) is 18.3 Å². The van der Waals surface area contributed by atoms with Crippen LogP contribution >= 0.6 is 0 Å². The van der Waals surface area contributed by atoms with Crippen molar-refractivity contribution in [2.24, 2.45) is 0 Å². The van der Waals surface area contributed by atoms with Crippen LogP contribution in [0, 0.1) is 18.3 Å². The van der Waals surface area contributed by atoms with E-state index in [1.165, 1.54) is 0 Å². The van der Waals surface area contributed by atoms with E-state index in [9.17, 15) is 0 Å². The van der Waals surface area contributed by atoms with E-state index in [2.05, 4.69) is 16.4 Å². The molecule has 4 nitrogen and oxygen atoms in total. The van der Waals surface area contributed by atoms with Gasteiger partial charge in [0.25, 0.3) is 0 Å². The number of benzene rings is 1. The number of nitriles is 1. The van der Waals surface area contributed by atoms with E-state index in [-0.39, 0.29) is 0 Å². The summed E-state index contributed by atoms with van der Waals surface area (Å²) < 4.78 is 0. The van der Waals surface area contributed by atoms with E-state index in [1.807, 2.05) is 25.1 Å². The average Bonchev–Trinajstić information content (AvgIpc) is 2.29. The molecule has 0 bridgehead atoms. The molecule has 3 N–H and O–H groups in total. The maximum atomic E-state index is 9.10. The maximum Gasteiger partial charge on any atom is 0.125 e. The van der Waals surface area contributed by atoms with Gasteiger partial charge < -0.3 is 11.1 Å². The van der Waals surface area contributed by atoms with Gasteiger partial charge in [0.1, 0.15) is 11.9 Å². The van der Waals surface area contributed by atoms with Gasteiger partial charge in [0.15, 0.2) is 0 Å². The number of nitrogen functional groups attached to an aromatic ring is 1. The highest BCUT2D eigenvalue weighted by atomic mass is 14.9. The molecule has 17 heavy (non-hydrogen) atoms. The lowest BCUT2D eigenvalue weighted by molar-refractivity contribution is 1.33. The Labute approximate surface area is 99.7 Å². The number of nitrogens with zero attached hydrogens (tertiary/aromatic N) is 2. The molecule has 0 radical (unpaired) electrons. The molecule has 0 amide bonds. The molecule has 0 fully saturated rings. The highest BCUT2D eigenvalue weighted by molar-refractivity contribution is 5.69. The number of hydrogen-bond donors (Lipinski definition) is 2. The third-order valence-corrected chi connectivity index (χ3v) is 2.44. The van der Waals surface area contributed by atoms with Crippen molar-refractivity contribution in [3.8, 4) is 6.07 Å². The van der Waals surface area contributed by atoms with Gasteiger partial charge in [-0.1, -0.05) is 12.1 Å². The molecule has 4 heteroatoms. The summed E-state index contributed by atoms with van der Waals surface area (Å²) in [6.07, 6.45) is 1.62. The van der Waals surface area contributed by atoms with E-state index in [4.69, 9.17) is 11.0 Å². The van der Waals surface area contributed by atoms with E-state index in [0.29, 0.717) is 11.4 Å². The van der Waals surface area contributed by atoms with Crippen molar-refractivity contribution >= 4 is 17.2 Å². The molecule has 0 aliphatic carbocycles. The van der Waals surface area contributed by atoms with Crippen LogP contribution in [0.1, 0.15) is 11.1 Å². The van der Waals surface area contributed by atoms with Crippen molar-refractivity contribution in [1.29, 1.82) is 5.26 Å². The van der Waals surface area contributed by atoms with Gasteiger partial charge in [-0.2, -0.15) is 5.26 Å². The van der Waals surface area contributed by atoms with Crippen LogP contribution < -0.4 is 11.1 Å². The van der Waals surface area contributed by atoms with Crippen molar-refractivity contribution in [2.75, 3.05) is 11.1 Å². The highest BCUT2D eigenvalue weighted by Crippen LogP contribution is 2.23. The van der Waals surface area contributed by atoms with Gasteiger partial charge in [-0.3, -0.25) is 0 Å². The van der Waals surface area contributed by atoms with Crippen LogP contribution in [0.5, 0.6) is 0 Å². The second-order valence-corrected chi connectivity index (χ2v) is 3.70. The number of nitrogens with one attached hydrogen (secondary N) is 1. The van der Waals surface area contributed by atoms with Crippen molar-refractivity contribution in [3.63, 3.8) is 0 Å². The molecule has 0 aliphatic heterocycles. The SMILES string of the molecule is Cc1cccc(Nc2ccnc(N)c2)c1C#N. The van der Waals surface area contributed by atoms with E-state index >= 15 is 0 Å². The van der Waals surface area contributed by atoms with E-state index < -0.39 is 0 Å². The van der Waals surface area contributed by atoms with Crippen molar-refractivity contribution < 1.29 is 0 Å². The summed E-state index contributed by atoms with van der Waals surface area (Å²) >= 11 is 0. The van der Waals surface area contributed by atoms with Crippen LogP contribution in [0.15, 0.2) is 36.5 Å². The van der Waals surface area contributed by atoms with Gasteiger partial charge in [-0.05, 0) is 24.6 Å². The number of nitrogens with two attached hydrogens (primary N) is 1. The number of pyridine rings is 1. The van der Waals surface area contributed by atoms with Gasteiger partial charge >= 0.3 is 0 Å². The third kappa shape index (κ3) is 2.34. The number of rotatable bonds is 2. The van der Waals surface area contributed by atoms with E-state index in [0.717, 1.165) is 16.9 Å². The van der Waals surface area contributed by atoms with Crippen LogP contribution in [-0.4, -0.2) is 4.98 Å². The maximum absolute atomic E-state index is 9.10. The minimum Gasteiger partial charge on any atom is -0.384 e. The summed E-state index contributed by atoms with van der Waals surface area (Å²) in [5, 5.41) is 12.3. The first-order valence-corrected chi connectivity index (χ1v) is 5.19. The largest absolute Gasteiger partial charge is 0.384 e. The van der Waals surface area contributed by atoms with Crippen LogP contribution in [-0.2, 0) is 0 Å². The standard InChI is InChI=1S/C13H12N4/c1-9-3-2-4-12(11(9)8-14)17-10-5-6-16-13(15)7-10/h2-7H,1H3,(H3,15,16,17). The van der Waals surface area contributed by atoms with Gasteiger partial charge in [0.05, 0.1) is 11.3 Å². The molecule has 0 saturated carbocycles. The zero-order valence-corrected chi connectivity index (χ0v) is 9.44. The first kappa shape index (κ1) is 11.0. The quantitative estimate of drug-likeness (QED) is 0.822. The Morgan fingerprint density at radius 3 is 2.88 bits per heavy atom. The monoisotopic (exact) mass is 224 g/mol. The summed E-state index contributed by atoms with van der Waals surface area (Å²) in [5.41, 5.74) is 8.78. The van der Waals surface area contributed by atoms with Crippen LogP contribution in [0.25, 0.3) is 0 Å². The molecule has 1 aromatic carbocycles. The number of hydrogen-bond acceptors (Lipinski definition) is 4. The Hall–Kier alpha value is -2.54. The smallest absolute Gasteiger partial charge is 0.125 e. The Morgan fingerprint density at radius 1 is 1.35 bits per heavy atom. The minimum absolute atomic E-state index is 0.446. The predicted octanol–water partition coefficient (Wildman–Crippen LogP) is 2.59. The lowest BCUT2D eigenvalue weighted by atomic mass is 10.1. The second-order valence-electron chi connectivity index (χ2n) is 3.70. The first-order valence-electron chi connectivity index (χ1n) is 5.19. The molecule has 0 atom stereocenters. The summed E-state index contributed by atoms with van der Waals surface area (Å²) in [7, 11) is 0.